The second kappa shape index (κ2) is 12.9. The van der Waals surface area contributed by atoms with Crippen LogP contribution in [0.15, 0.2) is 48.1 Å². The van der Waals surface area contributed by atoms with Crippen LogP contribution in [0, 0.1) is 11.8 Å². The SMILES string of the molecule is C=C1C[C@@H](CC(=O)O)O[C@H](/C=C/C(C)=C/C[C@@H]2O[C@H](C)[C@H](NC(=O)/C=C\C(C)C)C[C@@H]2C)C1. The minimum absolute atomic E-state index is 0.00271. The fraction of sp³-hybridized carbons (Fsp3) is 0.630. The summed E-state index contributed by atoms with van der Waals surface area (Å²) in [6.45, 7) is 14.4. The molecule has 2 rings (SSSR count). The van der Waals surface area contributed by atoms with Crippen molar-refractivity contribution in [2.75, 3.05) is 0 Å². The van der Waals surface area contributed by atoms with E-state index in [-0.39, 0.29) is 42.8 Å². The van der Waals surface area contributed by atoms with Crippen molar-refractivity contribution in [2.45, 2.75) is 97.2 Å². The van der Waals surface area contributed by atoms with Gasteiger partial charge in [0.25, 0.3) is 0 Å². The molecule has 6 nitrogen and oxygen atoms in total. The Bertz CT molecular complexity index is 779. The van der Waals surface area contributed by atoms with Crippen molar-refractivity contribution >= 4 is 11.9 Å². The van der Waals surface area contributed by atoms with Gasteiger partial charge in [-0.1, -0.05) is 62.8 Å². The summed E-state index contributed by atoms with van der Waals surface area (Å²) in [5, 5.41) is 12.1. The number of carbonyl (C=O) groups is 2. The smallest absolute Gasteiger partial charge is 0.305 e. The molecule has 0 aromatic heterocycles. The van der Waals surface area contributed by atoms with Gasteiger partial charge in [0, 0.05) is 0 Å². The summed E-state index contributed by atoms with van der Waals surface area (Å²) in [5.74, 6) is -0.236. The van der Waals surface area contributed by atoms with Gasteiger partial charge in [-0.2, -0.15) is 0 Å². The summed E-state index contributed by atoms with van der Waals surface area (Å²) in [6, 6.07) is 0.0147. The fourth-order valence-electron chi connectivity index (χ4n) is 4.31. The zero-order valence-corrected chi connectivity index (χ0v) is 20.8. The van der Waals surface area contributed by atoms with E-state index < -0.39 is 5.97 Å². The van der Waals surface area contributed by atoms with E-state index in [1.807, 2.05) is 45.9 Å². The minimum atomic E-state index is -0.849. The fourth-order valence-corrected chi connectivity index (χ4v) is 4.31. The lowest BCUT2D eigenvalue weighted by Crippen LogP contribution is -2.50. The number of carbonyl (C=O) groups excluding carboxylic acids is 1. The average molecular weight is 460 g/mol. The van der Waals surface area contributed by atoms with E-state index in [0.29, 0.717) is 18.3 Å². The zero-order chi connectivity index (χ0) is 24.5. The van der Waals surface area contributed by atoms with Gasteiger partial charge in [-0.25, -0.2) is 0 Å². The Balaban J connectivity index is 1.85. The second-order valence-corrected chi connectivity index (χ2v) is 9.91. The van der Waals surface area contributed by atoms with Crippen LogP contribution in [0.2, 0.25) is 0 Å². The molecule has 2 fully saturated rings. The van der Waals surface area contributed by atoms with Gasteiger partial charge in [0.15, 0.2) is 0 Å². The number of rotatable bonds is 9. The summed E-state index contributed by atoms with van der Waals surface area (Å²) in [5.41, 5.74) is 2.14. The number of ether oxygens (including phenoxy) is 2. The summed E-state index contributed by atoms with van der Waals surface area (Å²) in [6.07, 6.45) is 12.3. The Morgan fingerprint density at radius 2 is 1.94 bits per heavy atom. The number of aliphatic carboxylic acids is 1. The summed E-state index contributed by atoms with van der Waals surface area (Å²) < 4.78 is 12.1. The van der Waals surface area contributed by atoms with Crippen LogP contribution in [0.1, 0.15) is 66.7 Å². The molecule has 2 aliphatic rings. The van der Waals surface area contributed by atoms with Gasteiger partial charge in [-0.05, 0) is 57.4 Å². The molecule has 0 unspecified atom stereocenters. The van der Waals surface area contributed by atoms with Crippen molar-refractivity contribution in [3.63, 3.8) is 0 Å². The first-order valence-corrected chi connectivity index (χ1v) is 12.1. The molecular weight excluding hydrogens is 418 g/mol. The van der Waals surface area contributed by atoms with E-state index in [0.717, 1.165) is 30.4 Å². The Morgan fingerprint density at radius 3 is 2.61 bits per heavy atom. The largest absolute Gasteiger partial charge is 0.481 e. The number of carboxylic acid groups (broad SMARTS) is 1. The molecule has 0 aromatic rings. The molecule has 184 valence electrons. The van der Waals surface area contributed by atoms with Crippen molar-refractivity contribution < 1.29 is 24.2 Å². The Kier molecular flexibility index (Phi) is 10.6. The summed E-state index contributed by atoms with van der Waals surface area (Å²) in [4.78, 5) is 23.1. The lowest BCUT2D eigenvalue weighted by molar-refractivity contribution is -0.141. The Labute approximate surface area is 198 Å². The van der Waals surface area contributed by atoms with Crippen molar-refractivity contribution in [3.05, 3.63) is 48.1 Å². The van der Waals surface area contributed by atoms with Gasteiger partial charge >= 0.3 is 5.97 Å². The van der Waals surface area contributed by atoms with Crippen LogP contribution >= 0.6 is 0 Å². The molecule has 2 heterocycles. The van der Waals surface area contributed by atoms with E-state index in [4.69, 9.17) is 14.6 Å². The van der Waals surface area contributed by atoms with Gasteiger partial charge in [0.1, 0.15) is 0 Å². The van der Waals surface area contributed by atoms with Crippen LogP contribution in [0.3, 0.4) is 0 Å². The Hall–Kier alpha value is -2.18. The highest BCUT2D eigenvalue weighted by Gasteiger charge is 2.33. The molecule has 2 N–H and O–H groups in total. The first-order valence-electron chi connectivity index (χ1n) is 12.1. The van der Waals surface area contributed by atoms with E-state index >= 15 is 0 Å². The molecule has 0 saturated carbocycles. The minimum Gasteiger partial charge on any atom is -0.481 e. The molecule has 6 heteroatoms. The van der Waals surface area contributed by atoms with E-state index in [2.05, 4.69) is 24.9 Å². The van der Waals surface area contributed by atoms with Gasteiger partial charge in [0.2, 0.25) is 5.91 Å². The molecule has 33 heavy (non-hydrogen) atoms. The molecule has 0 aliphatic carbocycles. The van der Waals surface area contributed by atoms with E-state index in [1.165, 1.54) is 0 Å². The maximum Gasteiger partial charge on any atom is 0.305 e. The van der Waals surface area contributed by atoms with Crippen molar-refractivity contribution in [1.82, 2.24) is 5.32 Å². The van der Waals surface area contributed by atoms with Crippen LogP contribution < -0.4 is 5.32 Å². The normalized spacial score (nSPS) is 31.5. The topological polar surface area (TPSA) is 84.9 Å². The van der Waals surface area contributed by atoms with Crippen LogP contribution in [0.5, 0.6) is 0 Å². The van der Waals surface area contributed by atoms with Crippen molar-refractivity contribution in [1.29, 1.82) is 0 Å². The Morgan fingerprint density at radius 1 is 1.21 bits per heavy atom. The van der Waals surface area contributed by atoms with Gasteiger partial charge in [0.05, 0.1) is 36.9 Å². The lowest BCUT2D eigenvalue weighted by Gasteiger charge is -2.39. The highest BCUT2D eigenvalue weighted by Crippen LogP contribution is 2.29. The number of nitrogens with one attached hydrogen (secondary N) is 1. The number of carboxylic acids is 1. The molecule has 0 bridgehead atoms. The third kappa shape index (κ3) is 9.68. The molecule has 6 atom stereocenters. The number of hydrogen-bond donors (Lipinski definition) is 2. The highest BCUT2D eigenvalue weighted by atomic mass is 16.5. The van der Waals surface area contributed by atoms with Gasteiger partial charge in [-0.15, -0.1) is 0 Å². The molecule has 0 aromatic carbocycles. The second-order valence-electron chi connectivity index (χ2n) is 9.91. The third-order valence-electron chi connectivity index (χ3n) is 6.20. The van der Waals surface area contributed by atoms with Crippen molar-refractivity contribution in [3.8, 4) is 0 Å². The monoisotopic (exact) mass is 459 g/mol. The van der Waals surface area contributed by atoms with Crippen LogP contribution in [0.4, 0.5) is 0 Å². The average Bonchev–Trinajstić information content (AvgIpc) is 2.71. The van der Waals surface area contributed by atoms with Crippen molar-refractivity contribution in [2.24, 2.45) is 11.8 Å². The molecule has 2 saturated heterocycles. The van der Waals surface area contributed by atoms with Gasteiger partial charge < -0.3 is 19.9 Å². The number of allylic oxidation sites excluding steroid dienone is 3. The zero-order valence-electron chi connectivity index (χ0n) is 20.8. The number of amides is 1. The first-order chi connectivity index (χ1) is 15.5. The maximum atomic E-state index is 12.1. The highest BCUT2D eigenvalue weighted by molar-refractivity contribution is 5.87. The quantitative estimate of drug-likeness (QED) is 0.289. The molecule has 2 aliphatic heterocycles. The standard InChI is InChI=1S/C27H41NO5/c1-17(2)7-12-26(29)28-24-15-20(5)25(32-21(24)6)11-9-18(3)8-10-22-13-19(4)14-23(33-22)16-27(30)31/h7-10,12,17,20-25H,4,11,13-16H2,1-3,5-6H3,(H,28,29)(H,30,31)/b10-8+,12-7-,18-9+/t20-,21+,22+,23-,24+,25-/m0/s1. The molecule has 1 amide bonds. The maximum absolute atomic E-state index is 12.1. The third-order valence-corrected chi connectivity index (χ3v) is 6.20. The lowest BCUT2D eigenvalue weighted by atomic mass is 9.88. The van der Waals surface area contributed by atoms with E-state index in [1.54, 1.807) is 6.08 Å². The summed E-state index contributed by atoms with van der Waals surface area (Å²) >= 11 is 0. The predicted molar refractivity (Wildman–Crippen MR) is 131 cm³/mol. The van der Waals surface area contributed by atoms with Crippen LogP contribution in [-0.2, 0) is 19.1 Å². The molecular formula is C27H41NO5. The van der Waals surface area contributed by atoms with Gasteiger partial charge in [-0.3, -0.25) is 9.59 Å². The van der Waals surface area contributed by atoms with Crippen LogP contribution in [-0.4, -0.2) is 47.4 Å². The van der Waals surface area contributed by atoms with Crippen LogP contribution in [0.25, 0.3) is 0 Å². The molecule has 0 spiro atoms. The summed E-state index contributed by atoms with van der Waals surface area (Å²) in [7, 11) is 0. The number of hydrogen-bond acceptors (Lipinski definition) is 4. The predicted octanol–water partition coefficient (Wildman–Crippen LogP) is 4.97. The molecule has 0 radical (unpaired) electrons. The first kappa shape index (κ1) is 27.1. The van der Waals surface area contributed by atoms with E-state index in [9.17, 15) is 9.59 Å².